The molecule has 5 atom stereocenters. The van der Waals surface area contributed by atoms with E-state index in [1.165, 1.54) is 11.1 Å². The monoisotopic (exact) mass is 764 g/mol. The number of nitrogens with zero attached hydrogens (tertiary/aromatic N) is 4. The van der Waals surface area contributed by atoms with Crippen LogP contribution in [0.25, 0.3) is 0 Å². The molecule has 15 nitrogen and oxygen atoms in total. The average molecular weight is 765 g/mol. The number of aliphatic hydroxyl groups is 5. The molecule has 298 valence electrons. The number of nitrogen functional groups attached to an aromatic ring is 2. The Morgan fingerprint density at radius 1 is 0.981 bits per heavy atom. The molecule has 1 aliphatic rings. The van der Waals surface area contributed by atoms with Gasteiger partial charge in [0, 0.05) is 39.1 Å². The van der Waals surface area contributed by atoms with Crippen LogP contribution in [-0.2, 0) is 11.2 Å². The summed E-state index contributed by atoms with van der Waals surface area (Å²) < 4.78 is 0. The Labute approximate surface area is 318 Å². The first-order valence-corrected chi connectivity index (χ1v) is 19.2. The number of anilines is 2. The molecule has 3 rings (SSSR count). The van der Waals surface area contributed by atoms with Crippen molar-refractivity contribution in [3.8, 4) is 0 Å². The fourth-order valence-electron chi connectivity index (χ4n) is 6.58. The highest BCUT2D eigenvalue weighted by Gasteiger charge is 2.31. The number of halogens is 1. The van der Waals surface area contributed by atoms with E-state index in [0.29, 0.717) is 45.2 Å². The van der Waals surface area contributed by atoms with Gasteiger partial charge in [-0.2, -0.15) is 0 Å². The summed E-state index contributed by atoms with van der Waals surface area (Å²) in [4.78, 5) is 37.9. The highest BCUT2D eigenvalue weighted by molar-refractivity contribution is 6.31. The molecule has 0 aliphatic carbocycles. The predicted octanol–water partition coefficient (Wildman–Crippen LogP) is 0.728. The van der Waals surface area contributed by atoms with E-state index < -0.39 is 36.9 Å². The third-order valence-corrected chi connectivity index (χ3v) is 10.3. The van der Waals surface area contributed by atoms with Crippen molar-refractivity contribution in [3.05, 3.63) is 46.2 Å². The molecule has 1 aliphatic heterocycles. The number of nitrogens with one attached hydrogen (secondary N) is 2. The maximum absolute atomic E-state index is 13.2. The fourth-order valence-corrected chi connectivity index (χ4v) is 6.71. The minimum Gasteiger partial charge on any atom is -0.394 e. The molecule has 16 heteroatoms. The molecule has 1 saturated heterocycles. The molecular weight excluding hydrogens is 704 g/mol. The van der Waals surface area contributed by atoms with E-state index in [0.717, 1.165) is 51.5 Å². The SMILES string of the molecule is CCCCCCN(CCC(=O)N1CCC(CNC[C@H](CNC(=O)c2nc(Cl)c(N)nc2N)Cc2ccccc2C)CC1)C[C@@H](O)[C@@H](O)[C@H](O)[C@H](O)CO. The van der Waals surface area contributed by atoms with Crippen LogP contribution in [0.4, 0.5) is 11.6 Å². The van der Waals surface area contributed by atoms with E-state index in [4.69, 9.17) is 28.2 Å². The van der Waals surface area contributed by atoms with Crippen molar-refractivity contribution < 1.29 is 35.1 Å². The maximum atomic E-state index is 13.2. The summed E-state index contributed by atoms with van der Waals surface area (Å²) in [5.41, 5.74) is 13.8. The molecule has 0 bridgehead atoms. The molecule has 2 heterocycles. The minimum absolute atomic E-state index is 0.0237. The van der Waals surface area contributed by atoms with Crippen LogP contribution >= 0.6 is 11.6 Å². The number of benzene rings is 1. The molecule has 53 heavy (non-hydrogen) atoms. The quantitative estimate of drug-likeness (QED) is 0.0710. The Morgan fingerprint density at radius 3 is 2.36 bits per heavy atom. The molecule has 0 unspecified atom stereocenters. The molecule has 0 saturated carbocycles. The molecular formula is C37H61ClN8O7. The Hall–Kier alpha value is -3.15. The van der Waals surface area contributed by atoms with Gasteiger partial charge in [-0.15, -0.1) is 0 Å². The van der Waals surface area contributed by atoms with Gasteiger partial charge in [-0.3, -0.25) is 9.59 Å². The number of amides is 2. The average Bonchev–Trinajstić information content (AvgIpc) is 3.15. The zero-order valence-electron chi connectivity index (χ0n) is 31.2. The van der Waals surface area contributed by atoms with Crippen molar-refractivity contribution in [2.75, 3.05) is 70.4 Å². The summed E-state index contributed by atoms with van der Waals surface area (Å²) in [6.07, 6.45) is 0.441. The lowest BCUT2D eigenvalue weighted by atomic mass is 9.94. The number of likely N-dealkylation sites (tertiary alicyclic amines) is 1. The van der Waals surface area contributed by atoms with Crippen LogP contribution in [0.1, 0.15) is 73.5 Å². The van der Waals surface area contributed by atoms with E-state index in [1.54, 1.807) is 0 Å². The van der Waals surface area contributed by atoms with Crippen molar-refractivity contribution in [3.63, 3.8) is 0 Å². The summed E-state index contributed by atoms with van der Waals surface area (Å²) in [6, 6.07) is 8.16. The Balaban J connectivity index is 1.49. The van der Waals surface area contributed by atoms with Crippen LogP contribution in [-0.4, -0.2) is 140 Å². The van der Waals surface area contributed by atoms with Gasteiger partial charge in [0.15, 0.2) is 22.5 Å². The summed E-state index contributed by atoms with van der Waals surface area (Å²) >= 11 is 5.98. The van der Waals surface area contributed by atoms with Crippen LogP contribution in [0.3, 0.4) is 0 Å². The molecule has 2 amide bonds. The summed E-state index contributed by atoms with van der Waals surface area (Å²) in [5, 5.41) is 56.2. The Bertz CT molecular complexity index is 1420. The first kappa shape index (κ1) is 44.2. The molecule has 1 aromatic carbocycles. The smallest absolute Gasteiger partial charge is 0.273 e. The lowest BCUT2D eigenvalue weighted by Crippen LogP contribution is -2.50. The van der Waals surface area contributed by atoms with Crippen LogP contribution in [0, 0.1) is 18.8 Å². The number of carbonyl (C=O) groups excluding carboxylic acids is 2. The Kier molecular flexibility index (Phi) is 19.1. The molecule has 1 aromatic heterocycles. The minimum atomic E-state index is -1.69. The van der Waals surface area contributed by atoms with Crippen LogP contribution < -0.4 is 22.1 Å². The first-order chi connectivity index (χ1) is 25.3. The van der Waals surface area contributed by atoms with Crippen LogP contribution in [0.2, 0.25) is 5.15 Å². The predicted molar refractivity (Wildman–Crippen MR) is 205 cm³/mol. The van der Waals surface area contributed by atoms with Gasteiger partial charge in [0.25, 0.3) is 5.91 Å². The maximum Gasteiger partial charge on any atom is 0.273 e. The van der Waals surface area contributed by atoms with Crippen LogP contribution in [0.15, 0.2) is 24.3 Å². The summed E-state index contributed by atoms with van der Waals surface area (Å²) in [6.45, 7) is 7.55. The summed E-state index contributed by atoms with van der Waals surface area (Å²) in [5.74, 6) is -0.133. The highest BCUT2D eigenvalue weighted by Crippen LogP contribution is 2.20. The van der Waals surface area contributed by atoms with Crippen molar-refractivity contribution in [1.29, 1.82) is 0 Å². The van der Waals surface area contributed by atoms with Gasteiger partial charge in [0.2, 0.25) is 5.91 Å². The van der Waals surface area contributed by atoms with Gasteiger partial charge in [-0.05, 0) is 75.2 Å². The number of hydrogen-bond donors (Lipinski definition) is 9. The molecule has 0 radical (unpaired) electrons. The third-order valence-electron chi connectivity index (χ3n) is 10.0. The second-order valence-electron chi connectivity index (χ2n) is 14.2. The normalized spacial score (nSPS) is 16.7. The fraction of sp³-hybridized carbons (Fsp3) is 0.676. The number of hydrogen-bond acceptors (Lipinski definition) is 13. The van der Waals surface area contributed by atoms with Gasteiger partial charge in [0.1, 0.15) is 18.3 Å². The standard InChI is InChI=1S/C37H61ClN8O7/c1-3-4-5-8-14-45(22-28(48)32(51)33(52)29(49)23-47)15-13-30(50)46-16-11-25(12-17-46)19-41-20-26(18-27-10-7-6-9-24(27)2)21-42-37(53)31-35(39)44-36(40)34(38)43-31/h6-7,9-10,25-26,28-29,32-33,41,47-49,51-52H,3-5,8,11-23H2,1-2H3,(H,42,53)(H4,39,40,44)/t26-,28-,29-,32-,33-/m1/s1. The van der Waals surface area contributed by atoms with E-state index in [-0.39, 0.29) is 47.3 Å². The van der Waals surface area contributed by atoms with Crippen molar-refractivity contribution in [2.24, 2.45) is 11.8 Å². The topological polar surface area (TPSA) is 244 Å². The van der Waals surface area contributed by atoms with Gasteiger partial charge in [0.05, 0.1) is 12.7 Å². The van der Waals surface area contributed by atoms with Crippen molar-refractivity contribution >= 4 is 35.1 Å². The largest absolute Gasteiger partial charge is 0.394 e. The number of rotatable bonds is 23. The van der Waals surface area contributed by atoms with E-state index in [1.807, 2.05) is 21.9 Å². The number of aromatic nitrogens is 2. The van der Waals surface area contributed by atoms with E-state index >= 15 is 0 Å². The second kappa shape index (κ2) is 22.9. The lowest BCUT2D eigenvalue weighted by molar-refractivity contribution is -0.133. The molecule has 0 spiro atoms. The number of unbranched alkanes of at least 4 members (excludes halogenated alkanes) is 3. The van der Waals surface area contributed by atoms with E-state index in [2.05, 4.69) is 46.6 Å². The third kappa shape index (κ3) is 14.5. The molecule has 1 fully saturated rings. The number of nitrogens with two attached hydrogens (primary N) is 2. The Morgan fingerprint density at radius 2 is 1.68 bits per heavy atom. The second-order valence-corrected chi connectivity index (χ2v) is 14.6. The zero-order valence-corrected chi connectivity index (χ0v) is 31.9. The number of aliphatic hydroxyl groups excluding tert-OH is 5. The van der Waals surface area contributed by atoms with Gasteiger partial charge >= 0.3 is 0 Å². The van der Waals surface area contributed by atoms with Crippen LogP contribution in [0.5, 0.6) is 0 Å². The number of piperidine rings is 1. The summed E-state index contributed by atoms with van der Waals surface area (Å²) in [7, 11) is 0. The van der Waals surface area contributed by atoms with Gasteiger partial charge in [-0.25, -0.2) is 9.97 Å². The van der Waals surface area contributed by atoms with Crippen molar-refractivity contribution in [2.45, 2.75) is 89.6 Å². The highest BCUT2D eigenvalue weighted by atomic mass is 35.5. The van der Waals surface area contributed by atoms with E-state index in [9.17, 15) is 30.0 Å². The number of aryl methyl sites for hydroxylation is 1. The zero-order chi connectivity index (χ0) is 38.9. The number of carbonyl (C=O) groups is 2. The molecule has 2 aromatic rings. The van der Waals surface area contributed by atoms with Crippen molar-refractivity contribution in [1.82, 2.24) is 30.4 Å². The van der Waals surface area contributed by atoms with Gasteiger partial charge < -0.3 is 57.4 Å². The first-order valence-electron chi connectivity index (χ1n) is 18.8. The van der Waals surface area contributed by atoms with Gasteiger partial charge in [-0.1, -0.05) is 62.1 Å². The molecule has 11 N–H and O–H groups in total. The lowest BCUT2D eigenvalue weighted by Gasteiger charge is -2.34.